The van der Waals surface area contributed by atoms with Gasteiger partial charge in [0.25, 0.3) is 0 Å². The summed E-state index contributed by atoms with van der Waals surface area (Å²) < 4.78 is 11.3. The second-order valence-corrected chi connectivity index (χ2v) is 8.37. The molecule has 0 aromatic heterocycles. The molecule has 1 fully saturated rings. The van der Waals surface area contributed by atoms with Gasteiger partial charge in [0.05, 0.1) is 6.61 Å². The van der Waals surface area contributed by atoms with Gasteiger partial charge in [-0.25, -0.2) is 4.79 Å². The average Bonchev–Trinajstić information content (AvgIpc) is 3.72. The van der Waals surface area contributed by atoms with Crippen LogP contribution in [0.1, 0.15) is 26.2 Å². The van der Waals surface area contributed by atoms with Crippen LogP contribution >= 0.6 is 0 Å². The number of hydrogen-bond acceptors (Lipinski definition) is 4. The summed E-state index contributed by atoms with van der Waals surface area (Å²) >= 11 is 0. The van der Waals surface area contributed by atoms with Gasteiger partial charge in [-0.2, -0.15) is 0 Å². The Labute approximate surface area is 206 Å². The first kappa shape index (κ1) is 24.1. The molecular weight excluding hydrogens is 442 g/mol. The quantitative estimate of drug-likeness (QED) is 0.343. The number of benzene rings is 3. The van der Waals surface area contributed by atoms with Gasteiger partial charge in [0.1, 0.15) is 17.2 Å². The van der Waals surface area contributed by atoms with Gasteiger partial charge in [-0.05, 0) is 86.8 Å². The molecular formula is C28H31N3O4. The largest absolute Gasteiger partial charge is 0.494 e. The summed E-state index contributed by atoms with van der Waals surface area (Å²) in [7, 11) is 0. The van der Waals surface area contributed by atoms with Crippen LogP contribution in [-0.2, 0) is 4.79 Å². The topological polar surface area (TPSA) is 79.9 Å². The molecule has 35 heavy (non-hydrogen) atoms. The molecule has 0 heterocycles. The summed E-state index contributed by atoms with van der Waals surface area (Å²) in [4.78, 5) is 26.8. The standard InChI is InChI=1S/C28H31N3O4/c1-2-34-24-15-11-22(12-16-24)30-28(33)31(20-6-19-29-27(32)21-9-10-21)23-13-17-26(18-14-23)35-25-7-4-3-5-8-25/h3-5,7-8,11-18,21H,2,6,9-10,19-20H2,1H3,(H,29,32)(H,30,33). The number of rotatable bonds is 11. The number of amides is 3. The third kappa shape index (κ3) is 7.24. The van der Waals surface area contributed by atoms with E-state index in [9.17, 15) is 9.59 Å². The van der Waals surface area contributed by atoms with Crippen molar-refractivity contribution < 1.29 is 19.1 Å². The number of nitrogens with one attached hydrogen (secondary N) is 2. The van der Waals surface area contributed by atoms with Gasteiger partial charge in [-0.3, -0.25) is 9.69 Å². The molecule has 0 radical (unpaired) electrons. The predicted molar refractivity (Wildman–Crippen MR) is 137 cm³/mol. The minimum Gasteiger partial charge on any atom is -0.494 e. The second-order valence-electron chi connectivity index (χ2n) is 8.37. The second kappa shape index (κ2) is 11.9. The fourth-order valence-electron chi connectivity index (χ4n) is 3.60. The van der Waals surface area contributed by atoms with Crippen LogP contribution in [0.5, 0.6) is 17.2 Å². The molecule has 0 atom stereocenters. The van der Waals surface area contributed by atoms with Crippen LogP contribution in [0.2, 0.25) is 0 Å². The number of carbonyl (C=O) groups excluding carboxylic acids is 2. The third-order valence-electron chi connectivity index (χ3n) is 5.59. The zero-order valence-electron chi connectivity index (χ0n) is 19.9. The molecule has 1 aliphatic carbocycles. The lowest BCUT2D eigenvalue weighted by molar-refractivity contribution is -0.122. The van der Waals surface area contributed by atoms with Crippen molar-refractivity contribution in [2.24, 2.45) is 5.92 Å². The molecule has 1 aliphatic rings. The summed E-state index contributed by atoms with van der Waals surface area (Å²) in [6.45, 7) is 3.49. The van der Waals surface area contributed by atoms with E-state index >= 15 is 0 Å². The van der Waals surface area contributed by atoms with E-state index in [0.717, 1.165) is 30.0 Å². The van der Waals surface area contributed by atoms with Crippen molar-refractivity contribution in [3.8, 4) is 17.2 Å². The van der Waals surface area contributed by atoms with E-state index in [-0.39, 0.29) is 17.9 Å². The lowest BCUT2D eigenvalue weighted by atomic mass is 10.2. The van der Waals surface area contributed by atoms with Crippen LogP contribution in [0.25, 0.3) is 0 Å². The molecule has 3 aromatic carbocycles. The number of nitrogens with zero attached hydrogens (tertiary/aromatic N) is 1. The Bertz CT molecular complexity index is 1100. The Morgan fingerprint density at radius 1 is 0.886 bits per heavy atom. The molecule has 0 aliphatic heterocycles. The van der Waals surface area contributed by atoms with Gasteiger partial charge in [-0.1, -0.05) is 18.2 Å². The monoisotopic (exact) mass is 473 g/mol. The van der Waals surface area contributed by atoms with Gasteiger partial charge >= 0.3 is 6.03 Å². The highest BCUT2D eigenvalue weighted by molar-refractivity contribution is 6.01. The normalized spacial score (nSPS) is 12.5. The third-order valence-corrected chi connectivity index (χ3v) is 5.59. The van der Waals surface area contributed by atoms with Crippen molar-refractivity contribution in [1.29, 1.82) is 0 Å². The lowest BCUT2D eigenvalue weighted by Gasteiger charge is -2.24. The Kier molecular flexibility index (Phi) is 8.22. The molecule has 182 valence electrons. The number of urea groups is 1. The van der Waals surface area contributed by atoms with Crippen molar-refractivity contribution in [3.05, 3.63) is 78.9 Å². The summed E-state index contributed by atoms with van der Waals surface area (Å²) in [5.74, 6) is 2.46. The Morgan fingerprint density at radius 3 is 2.20 bits per heavy atom. The average molecular weight is 474 g/mol. The first-order chi connectivity index (χ1) is 17.1. The minimum absolute atomic E-state index is 0.109. The first-order valence-electron chi connectivity index (χ1n) is 12.0. The van der Waals surface area contributed by atoms with Crippen LogP contribution in [-0.4, -0.2) is 31.6 Å². The molecule has 0 saturated heterocycles. The van der Waals surface area contributed by atoms with Crippen LogP contribution in [0.3, 0.4) is 0 Å². The van der Waals surface area contributed by atoms with Crippen molar-refractivity contribution in [3.63, 3.8) is 0 Å². The Hall–Kier alpha value is -4.00. The van der Waals surface area contributed by atoms with Crippen molar-refractivity contribution in [2.75, 3.05) is 29.9 Å². The number of carbonyl (C=O) groups is 2. The van der Waals surface area contributed by atoms with Gasteiger partial charge in [-0.15, -0.1) is 0 Å². The smallest absolute Gasteiger partial charge is 0.326 e. The summed E-state index contributed by atoms with van der Waals surface area (Å²) in [5.41, 5.74) is 1.41. The highest BCUT2D eigenvalue weighted by Crippen LogP contribution is 2.29. The van der Waals surface area contributed by atoms with E-state index in [1.165, 1.54) is 0 Å². The summed E-state index contributed by atoms with van der Waals surface area (Å²) in [6.07, 6.45) is 2.58. The molecule has 3 aromatic rings. The molecule has 2 N–H and O–H groups in total. The molecule has 0 unspecified atom stereocenters. The maximum absolute atomic E-state index is 13.2. The van der Waals surface area contributed by atoms with E-state index < -0.39 is 0 Å². The van der Waals surface area contributed by atoms with E-state index in [1.807, 2.05) is 85.8 Å². The first-order valence-corrected chi connectivity index (χ1v) is 12.0. The molecule has 7 heteroatoms. The highest BCUT2D eigenvalue weighted by atomic mass is 16.5. The number of hydrogen-bond donors (Lipinski definition) is 2. The maximum Gasteiger partial charge on any atom is 0.326 e. The van der Waals surface area contributed by atoms with Crippen molar-refractivity contribution >= 4 is 23.3 Å². The Balaban J connectivity index is 1.42. The fourth-order valence-corrected chi connectivity index (χ4v) is 3.60. The predicted octanol–water partition coefficient (Wildman–Crippen LogP) is 5.83. The van der Waals surface area contributed by atoms with E-state index in [1.54, 1.807) is 4.90 Å². The molecule has 3 amide bonds. The number of ether oxygens (including phenoxy) is 2. The lowest BCUT2D eigenvalue weighted by Crippen LogP contribution is -2.37. The van der Waals surface area contributed by atoms with Crippen molar-refractivity contribution in [1.82, 2.24) is 5.32 Å². The molecule has 0 bridgehead atoms. The maximum atomic E-state index is 13.2. The van der Waals surface area contributed by atoms with Gasteiger partial charge in [0, 0.05) is 30.4 Å². The van der Waals surface area contributed by atoms with Crippen LogP contribution in [0.4, 0.5) is 16.2 Å². The number of anilines is 2. The molecule has 1 saturated carbocycles. The van der Waals surface area contributed by atoms with Crippen LogP contribution in [0, 0.1) is 5.92 Å². The van der Waals surface area contributed by atoms with E-state index in [2.05, 4.69) is 10.6 Å². The minimum atomic E-state index is -0.251. The fraction of sp³-hybridized carbons (Fsp3) is 0.286. The SMILES string of the molecule is CCOc1ccc(NC(=O)N(CCCNC(=O)C2CC2)c2ccc(Oc3ccccc3)cc2)cc1. The Morgan fingerprint density at radius 2 is 1.54 bits per heavy atom. The van der Waals surface area contributed by atoms with E-state index in [0.29, 0.717) is 37.6 Å². The van der Waals surface area contributed by atoms with Gasteiger partial charge < -0.3 is 20.1 Å². The summed E-state index contributed by atoms with van der Waals surface area (Å²) in [6, 6.07) is 24.0. The molecule has 0 spiro atoms. The van der Waals surface area contributed by atoms with Gasteiger partial charge in [0.2, 0.25) is 5.91 Å². The molecule has 7 nitrogen and oxygen atoms in total. The zero-order valence-corrected chi connectivity index (χ0v) is 19.9. The van der Waals surface area contributed by atoms with Gasteiger partial charge in [0.15, 0.2) is 0 Å². The van der Waals surface area contributed by atoms with E-state index in [4.69, 9.17) is 9.47 Å². The van der Waals surface area contributed by atoms with Crippen LogP contribution < -0.4 is 25.0 Å². The van der Waals surface area contributed by atoms with Crippen LogP contribution in [0.15, 0.2) is 78.9 Å². The molecule has 4 rings (SSSR count). The number of para-hydroxylation sites is 1. The zero-order chi connectivity index (χ0) is 24.5. The highest BCUT2D eigenvalue weighted by Gasteiger charge is 2.29. The summed E-state index contributed by atoms with van der Waals surface area (Å²) in [5, 5.41) is 5.92. The van der Waals surface area contributed by atoms with Crippen molar-refractivity contribution in [2.45, 2.75) is 26.2 Å².